The van der Waals surface area contributed by atoms with Crippen molar-refractivity contribution in [1.29, 1.82) is 0 Å². The quantitative estimate of drug-likeness (QED) is 0.422. The molecular formula is C30H34N2O3. The largest absolute Gasteiger partial charge is 0.462 e. The van der Waals surface area contributed by atoms with Gasteiger partial charge in [0.15, 0.2) is 0 Å². The highest BCUT2D eigenvalue weighted by Gasteiger charge is 2.32. The Balaban J connectivity index is 1.77. The fourth-order valence-electron chi connectivity index (χ4n) is 5.14. The standard InChI is InChI=1S/C30H34N2O3/c1-2-35-30(34)24-17-15-23(16-18-24)28(29(31)33)26(21-22-11-5-3-6-12-22)25-13-7-8-14-27(25)32-19-9-4-10-20-32/h3,5-8,11-18,26,28H,2,4,9-10,19-21H2,1H3,(H2,31,33). The van der Waals surface area contributed by atoms with Crippen LogP contribution in [-0.2, 0) is 16.0 Å². The number of nitrogens with zero attached hydrogens (tertiary/aromatic N) is 1. The maximum absolute atomic E-state index is 13.0. The molecule has 0 aromatic heterocycles. The molecular weight excluding hydrogens is 436 g/mol. The second kappa shape index (κ2) is 11.7. The minimum atomic E-state index is -0.544. The number of amides is 1. The number of rotatable bonds is 9. The highest BCUT2D eigenvalue weighted by atomic mass is 16.5. The van der Waals surface area contributed by atoms with Crippen LogP contribution in [0.2, 0.25) is 0 Å². The molecule has 182 valence electrons. The number of piperidine rings is 1. The average Bonchev–Trinajstić information content (AvgIpc) is 2.90. The molecule has 5 nitrogen and oxygen atoms in total. The second-order valence-corrected chi connectivity index (χ2v) is 9.13. The van der Waals surface area contributed by atoms with E-state index < -0.39 is 5.92 Å². The van der Waals surface area contributed by atoms with Gasteiger partial charge >= 0.3 is 5.97 Å². The second-order valence-electron chi connectivity index (χ2n) is 9.13. The number of anilines is 1. The Kier molecular flexibility index (Phi) is 8.19. The highest BCUT2D eigenvalue weighted by molar-refractivity contribution is 5.90. The van der Waals surface area contributed by atoms with Crippen LogP contribution in [0.4, 0.5) is 5.69 Å². The van der Waals surface area contributed by atoms with E-state index in [1.165, 1.54) is 24.9 Å². The molecule has 3 aromatic rings. The van der Waals surface area contributed by atoms with Gasteiger partial charge in [-0.1, -0.05) is 60.7 Å². The summed E-state index contributed by atoms with van der Waals surface area (Å²) in [4.78, 5) is 27.6. The lowest BCUT2D eigenvalue weighted by Crippen LogP contribution is -2.33. The number of hydrogen-bond acceptors (Lipinski definition) is 4. The van der Waals surface area contributed by atoms with E-state index in [0.29, 0.717) is 18.6 Å². The van der Waals surface area contributed by atoms with Gasteiger partial charge in [-0.15, -0.1) is 0 Å². The Morgan fingerprint density at radius 2 is 1.54 bits per heavy atom. The summed E-state index contributed by atoms with van der Waals surface area (Å²) in [6.45, 7) is 4.13. The summed E-state index contributed by atoms with van der Waals surface area (Å²) < 4.78 is 5.12. The third kappa shape index (κ3) is 5.91. The third-order valence-corrected chi connectivity index (χ3v) is 6.82. The summed E-state index contributed by atoms with van der Waals surface area (Å²) in [7, 11) is 0. The molecule has 1 saturated heterocycles. The van der Waals surface area contributed by atoms with Crippen molar-refractivity contribution in [2.75, 3.05) is 24.6 Å². The predicted molar refractivity (Wildman–Crippen MR) is 140 cm³/mol. The lowest BCUT2D eigenvalue weighted by atomic mass is 9.76. The molecule has 2 unspecified atom stereocenters. The Morgan fingerprint density at radius 1 is 0.886 bits per heavy atom. The van der Waals surface area contributed by atoms with Gasteiger partial charge in [0.2, 0.25) is 5.91 Å². The van der Waals surface area contributed by atoms with E-state index >= 15 is 0 Å². The summed E-state index contributed by atoms with van der Waals surface area (Å²) in [5.74, 6) is -1.44. The number of ether oxygens (including phenoxy) is 1. The zero-order valence-electron chi connectivity index (χ0n) is 20.4. The van der Waals surface area contributed by atoms with Crippen LogP contribution >= 0.6 is 0 Å². The van der Waals surface area contributed by atoms with E-state index in [9.17, 15) is 9.59 Å². The van der Waals surface area contributed by atoms with Crippen molar-refractivity contribution in [1.82, 2.24) is 0 Å². The Labute approximate surface area is 207 Å². The van der Waals surface area contributed by atoms with Crippen molar-refractivity contribution in [3.8, 4) is 0 Å². The third-order valence-electron chi connectivity index (χ3n) is 6.82. The fraction of sp³-hybridized carbons (Fsp3) is 0.333. The molecule has 0 spiro atoms. The first kappa shape index (κ1) is 24.5. The molecule has 1 fully saturated rings. The van der Waals surface area contributed by atoms with Crippen molar-refractivity contribution in [3.63, 3.8) is 0 Å². The number of primary amides is 1. The first-order valence-corrected chi connectivity index (χ1v) is 12.5. The first-order valence-electron chi connectivity index (χ1n) is 12.5. The first-order chi connectivity index (χ1) is 17.1. The van der Waals surface area contributed by atoms with Gasteiger partial charge in [-0.25, -0.2) is 4.79 Å². The average molecular weight is 471 g/mol. The summed E-state index contributed by atoms with van der Waals surface area (Å²) in [5, 5.41) is 0. The van der Waals surface area contributed by atoms with E-state index in [-0.39, 0.29) is 17.8 Å². The van der Waals surface area contributed by atoms with Gasteiger partial charge in [0.1, 0.15) is 0 Å². The summed E-state index contributed by atoms with van der Waals surface area (Å²) in [6.07, 6.45) is 4.28. The molecule has 2 atom stereocenters. The molecule has 0 aliphatic carbocycles. The molecule has 1 heterocycles. The predicted octanol–water partition coefficient (Wildman–Crippen LogP) is 5.45. The van der Waals surface area contributed by atoms with Crippen LogP contribution < -0.4 is 10.6 Å². The molecule has 0 radical (unpaired) electrons. The van der Waals surface area contributed by atoms with E-state index in [4.69, 9.17) is 10.5 Å². The van der Waals surface area contributed by atoms with Gasteiger partial charge < -0.3 is 15.4 Å². The van der Waals surface area contributed by atoms with Crippen molar-refractivity contribution in [2.24, 2.45) is 5.73 Å². The van der Waals surface area contributed by atoms with Crippen molar-refractivity contribution >= 4 is 17.6 Å². The maximum atomic E-state index is 13.0. The number of nitrogens with two attached hydrogens (primary N) is 1. The van der Waals surface area contributed by atoms with Crippen LogP contribution in [-0.4, -0.2) is 31.6 Å². The van der Waals surface area contributed by atoms with Gasteiger partial charge in [-0.05, 0) is 67.5 Å². The van der Waals surface area contributed by atoms with E-state index in [1.807, 2.05) is 36.4 Å². The van der Waals surface area contributed by atoms with Crippen LogP contribution in [0.15, 0.2) is 78.9 Å². The molecule has 35 heavy (non-hydrogen) atoms. The number of hydrogen-bond donors (Lipinski definition) is 1. The van der Waals surface area contributed by atoms with Crippen LogP contribution in [0, 0.1) is 0 Å². The molecule has 1 aliphatic rings. The SMILES string of the molecule is CCOC(=O)c1ccc(C(C(N)=O)C(Cc2ccccc2)c2ccccc2N2CCCCC2)cc1. The van der Waals surface area contributed by atoms with Gasteiger partial charge in [-0.2, -0.15) is 0 Å². The van der Waals surface area contributed by atoms with Gasteiger partial charge in [0.05, 0.1) is 18.1 Å². The monoisotopic (exact) mass is 470 g/mol. The maximum Gasteiger partial charge on any atom is 0.338 e. The zero-order valence-corrected chi connectivity index (χ0v) is 20.4. The fourth-order valence-corrected chi connectivity index (χ4v) is 5.14. The van der Waals surface area contributed by atoms with Gasteiger partial charge in [0.25, 0.3) is 0 Å². The number of carbonyl (C=O) groups excluding carboxylic acids is 2. The number of carbonyl (C=O) groups is 2. The number of esters is 1. The van der Waals surface area contributed by atoms with E-state index in [1.54, 1.807) is 19.1 Å². The van der Waals surface area contributed by atoms with E-state index in [0.717, 1.165) is 29.8 Å². The molecule has 0 saturated carbocycles. The summed E-state index contributed by atoms with van der Waals surface area (Å²) in [5.41, 5.74) is 10.8. The van der Waals surface area contributed by atoms with Crippen molar-refractivity contribution in [2.45, 2.75) is 44.4 Å². The number of benzene rings is 3. The topological polar surface area (TPSA) is 72.6 Å². The molecule has 1 aliphatic heterocycles. The van der Waals surface area contributed by atoms with Crippen molar-refractivity contribution < 1.29 is 14.3 Å². The minimum Gasteiger partial charge on any atom is -0.462 e. The van der Waals surface area contributed by atoms with Crippen LogP contribution in [0.3, 0.4) is 0 Å². The Bertz CT molecular complexity index is 1120. The Hall–Kier alpha value is -3.60. The number of para-hydroxylation sites is 1. The lowest BCUT2D eigenvalue weighted by molar-refractivity contribution is -0.120. The van der Waals surface area contributed by atoms with Gasteiger partial charge in [-0.3, -0.25) is 4.79 Å². The molecule has 2 N–H and O–H groups in total. The van der Waals surface area contributed by atoms with E-state index in [2.05, 4.69) is 35.2 Å². The summed E-state index contributed by atoms with van der Waals surface area (Å²) >= 11 is 0. The molecule has 4 rings (SSSR count). The zero-order chi connectivity index (χ0) is 24.6. The molecule has 3 aromatic carbocycles. The van der Waals surface area contributed by atoms with Crippen LogP contribution in [0.25, 0.3) is 0 Å². The lowest BCUT2D eigenvalue weighted by Gasteiger charge is -2.34. The van der Waals surface area contributed by atoms with Crippen molar-refractivity contribution in [3.05, 3.63) is 101 Å². The highest BCUT2D eigenvalue weighted by Crippen LogP contribution is 2.41. The minimum absolute atomic E-state index is 0.151. The smallest absolute Gasteiger partial charge is 0.338 e. The van der Waals surface area contributed by atoms with Crippen LogP contribution in [0.5, 0.6) is 0 Å². The van der Waals surface area contributed by atoms with Gasteiger partial charge in [0, 0.05) is 24.7 Å². The Morgan fingerprint density at radius 3 is 2.20 bits per heavy atom. The normalized spacial score (nSPS) is 15.3. The molecule has 1 amide bonds. The van der Waals surface area contributed by atoms with Crippen LogP contribution in [0.1, 0.15) is 65.1 Å². The molecule has 0 bridgehead atoms. The molecule has 5 heteroatoms. The summed E-state index contributed by atoms with van der Waals surface area (Å²) in [6, 6.07) is 25.8.